The van der Waals surface area contributed by atoms with Crippen LogP contribution in [-0.2, 0) is 14.3 Å². The van der Waals surface area contributed by atoms with Crippen LogP contribution in [0, 0.1) is 11.8 Å². The molecule has 1 amide bonds. The minimum absolute atomic E-state index is 0.0114. The number of hydrogen-bond acceptors (Lipinski definition) is 3. The van der Waals surface area contributed by atoms with Gasteiger partial charge in [-0.15, -0.1) is 0 Å². The number of carboxylic acid groups (broad SMARTS) is 1. The molecule has 1 aliphatic heterocycles. The van der Waals surface area contributed by atoms with Crippen molar-refractivity contribution in [1.29, 1.82) is 0 Å². The molecule has 2 N–H and O–H groups in total. The molecule has 1 saturated carbocycles. The summed E-state index contributed by atoms with van der Waals surface area (Å²) in [4.78, 5) is 23.1. The van der Waals surface area contributed by atoms with Crippen molar-refractivity contribution in [3.8, 4) is 0 Å². The smallest absolute Gasteiger partial charge is 0.306 e. The highest BCUT2D eigenvalue weighted by atomic mass is 16.5. The fourth-order valence-corrected chi connectivity index (χ4v) is 3.05. The average molecular weight is 269 g/mol. The summed E-state index contributed by atoms with van der Waals surface area (Å²) in [5.41, 5.74) is -0.240. The van der Waals surface area contributed by atoms with Crippen LogP contribution in [0.15, 0.2) is 0 Å². The van der Waals surface area contributed by atoms with E-state index in [0.29, 0.717) is 19.4 Å². The van der Waals surface area contributed by atoms with Gasteiger partial charge in [-0.3, -0.25) is 9.59 Å². The van der Waals surface area contributed by atoms with E-state index in [1.54, 1.807) is 0 Å². The highest BCUT2D eigenvalue weighted by Crippen LogP contribution is 2.30. The summed E-state index contributed by atoms with van der Waals surface area (Å²) in [5, 5.41) is 12.0. The maximum Gasteiger partial charge on any atom is 0.306 e. The molecule has 0 aromatic heterocycles. The molecule has 0 unspecified atom stereocenters. The summed E-state index contributed by atoms with van der Waals surface area (Å²) in [6.45, 7) is 3.30. The first-order chi connectivity index (χ1) is 9.00. The Labute approximate surface area is 113 Å². The molecule has 1 aliphatic carbocycles. The van der Waals surface area contributed by atoms with E-state index in [-0.39, 0.29) is 23.3 Å². The fraction of sp³-hybridized carbons (Fsp3) is 0.857. The van der Waals surface area contributed by atoms with E-state index in [0.717, 1.165) is 32.3 Å². The Morgan fingerprint density at radius 2 is 2.05 bits per heavy atom. The van der Waals surface area contributed by atoms with Crippen molar-refractivity contribution in [1.82, 2.24) is 5.32 Å². The monoisotopic (exact) mass is 269 g/mol. The average Bonchev–Trinajstić information content (AvgIpc) is 2.83. The number of carboxylic acids is 1. The minimum Gasteiger partial charge on any atom is -0.481 e. The lowest BCUT2D eigenvalue weighted by atomic mass is 9.81. The van der Waals surface area contributed by atoms with Crippen molar-refractivity contribution < 1.29 is 19.4 Å². The quantitative estimate of drug-likeness (QED) is 0.812. The van der Waals surface area contributed by atoms with Crippen LogP contribution in [0.4, 0.5) is 0 Å². The van der Waals surface area contributed by atoms with Crippen molar-refractivity contribution in [3.05, 3.63) is 0 Å². The van der Waals surface area contributed by atoms with Crippen LogP contribution in [0.2, 0.25) is 0 Å². The molecule has 2 aliphatic rings. The fourth-order valence-electron chi connectivity index (χ4n) is 3.05. The molecule has 0 aromatic carbocycles. The standard InChI is InChI=1S/C14H23NO4/c1-14(6-3-7-19-14)9-15-12(16)10-4-2-5-11(8-10)13(17)18/h10-11H,2-9H2,1H3,(H,15,16)(H,17,18)/t10-,11+,14-/m1/s1. The van der Waals surface area contributed by atoms with Crippen LogP contribution in [0.1, 0.15) is 45.4 Å². The van der Waals surface area contributed by atoms with Gasteiger partial charge in [-0.2, -0.15) is 0 Å². The van der Waals surface area contributed by atoms with Crippen molar-refractivity contribution in [2.75, 3.05) is 13.2 Å². The van der Waals surface area contributed by atoms with Gasteiger partial charge >= 0.3 is 5.97 Å². The van der Waals surface area contributed by atoms with Gasteiger partial charge in [-0.05, 0) is 39.0 Å². The van der Waals surface area contributed by atoms with Crippen LogP contribution in [0.5, 0.6) is 0 Å². The molecule has 0 aromatic rings. The number of ether oxygens (including phenoxy) is 1. The Kier molecular flexibility index (Phi) is 4.45. The Hall–Kier alpha value is -1.10. The van der Waals surface area contributed by atoms with E-state index in [9.17, 15) is 9.59 Å². The Bertz CT molecular complexity index is 349. The number of carbonyl (C=O) groups is 2. The first-order valence-corrected chi connectivity index (χ1v) is 7.15. The van der Waals surface area contributed by atoms with E-state index < -0.39 is 5.97 Å². The Morgan fingerprint density at radius 1 is 1.32 bits per heavy atom. The van der Waals surface area contributed by atoms with E-state index in [1.807, 2.05) is 6.92 Å². The molecule has 0 bridgehead atoms. The predicted molar refractivity (Wildman–Crippen MR) is 69.7 cm³/mol. The summed E-state index contributed by atoms with van der Waals surface area (Å²) >= 11 is 0. The van der Waals surface area contributed by atoms with E-state index in [1.165, 1.54) is 0 Å². The van der Waals surface area contributed by atoms with Gasteiger partial charge in [0.1, 0.15) is 0 Å². The molecule has 0 spiro atoms. The summed E-state index contributed by atoms with van der Waals surface area (Å²) < 4.78 is 5.63. The second kappa shape index (κ2) is 5.90. The molecule has 108 valence electrons. The van der Waals surface area contributed by atoms with Gasteiger partial charge in [0, 0.05) is 19.1 Å². The first kappa shape index (κ1) is 14.3. The zero-order chi connectivity index (χ0) is 13.9. The number of carbonyl (C=O) groups excluding carboxylic acids is 1. The van der Waals surface area contributed by atoms with E-state index in [2.05, 4.69) is 5.32 Å². The second-order valence-corrected chi connectivity index (χ2v) is 6.02. The maximum atomic E-state index is 12.1. The minimum atomic E-state index is -0.774. The number of hydrogen-bond donors (Lipinski definition) is 2. The number of amides is 1. The third-order valence-corrected chi connectivity index (χ3v) is 4.33. The van der Waals surface area contributed by atoms with Gasteiger partial charge in [0.2, 0.25) is 5.91 Å². The Balaban J connectivity index is 1.80. The van der Waals surface area contributed by atoms with Crippen molar-refractivity contribution >= 4 is 11.9 Å². The SMILES string of the molecule is C[C@]1(CNC(=O)[C@@H]2CCC[C@H](C(=O)O)C2)CCCO1. The summed E-state index contributed by atoms with van der Waals surface area (Å²) in [5.74, 6) is -1.30. The lowest BCUT2D eigenvalue weighted by Gasteiger charge is -2.28. The lowest BCUT2D eigenvalue weighted by molar-refractivity contribution is -0.144. The normalized spacial score (nSPS) is 35.0. The maximum absolute atomic E-state index is 12.1. The summed E-state index contributed by atoms with van der Waals surface area (Å²) in [6, 6.07) is 0. The van der Waals surface area contributed by atoms with Crippen LogP contribution in [-0.4, -0.2) is 35.7 Å². The van der Waals surface area contributed by atoms with Crippen molar-refractivity contribution in [3.63, 3.8) is 0 Å². The number of rotatable bonds is 4. The highest BCUT2D eigenvalue weighted by molar-refractivity contribution is 5.80. The number of aliphatic carboxylic acids is 1. The predicted octanol–water partition coefficient (Wildman–Crippen LogP) is 1.56. The molecule has 19 heavy (non-hydrogen) atoms. The van der Waals surface area contributed by atoms with Gasteiger partial charge < -0.3 is 15.2 Å². The molecule has 5 nitrogen and oxygen atoms in total. The molecule has 2 fully saturated rings. The largest absolute Gasteiger partial charge is 0.481 e. The summed E-state index contributed by atoms with van der Waals surface area (Å²) in [7, 11) is 0. The van der Waals surface area contributed by atoms with Crippen molar-refractivity contribution in [2.24, 2.45) is 11.8 Å². The lowest BCUT2D eigenvalue weighted by Crippen LogP contribution is -2.43. The topological polar surface area (TPSA) is 75.6 Å². The first-order valence-electron chi connectivity index (χ1n) is 7.15. The summed E-state index contributed by atoms with van der Waals surface area (Å²) in [6.07, 6.45) is 4.79. The molecule has 1 heterocycles. The van der Waals surface area contributed by atoms with E-state index in [4.69, 9.17) is 9.84 Å². The third-order valence-electron chi connectivity index (χ3n) is 4.33. The molecule has 5 heteroatoms. The number of nitrogens with one attached hydrogen (secondary N) is 1. The molecular weight excluding hydrogens is 246 g/mol. The molecule has 1 saturated heterocycles. The van der Waals surface area contributed by atoms with Gasteiger partial charge in [-0.1, -0.05) is 6.42 Å². The van der Waals surface area contributed by atoms with Crippen LogP contribution >= 0.6 is 0 Å². The molecule has 3 atom stereocenters. The van der Waals surface area contributed by atoms with Gasteiger partial charge in [0.25, 0.3) is 0 Å². The Morgan fingerprint density at radius 3 is 2.68 bits per heavy atom. The van der Waals surface area contributed by atoms with Gasteiger partial charge in [-0.25, -0.2) is 0 Å². The van der Waals surface area contributed by atoms with Gasteiger partial charge in [0.15, 0.2) is 0 Å². The third kappa shape index (κ3) is 3.69. The van der Waals surface area contributed by atoms with Crippen LogP contribution < -0.4 is 5.32 Å². The van der Waals surface area contributed by atoms with Crippen molar-refractivity contribution in [2.45, 2.75) is 51.0 Å². The van der Waals surface area contributed by atoms with Crippen LogP contribution in [0.3, 0.4) is 0 Å². The molecule has 2 rings (SSSR count). The highest BCUT2D eigenvalue weighted by Gasteiger charge is 2.34. The second-order valence-electron chi connectivity index (χ2n) is 6.02. The zero-order valence-corrected chi connectivity index (χ0v) is 11.5. The molecule has 0 radical (unpaired) electrons. The van der Waals surface area contributed by atoms with Crippen LogP contribution in [0.25, 0.3) is 0 Å². The molecular formula is C14H23NO4. The zero-order valence-electron chi connectivity index (χ0n) is 11.5. The van der Waals surface area contributed by atoms with Gasteiger partial charge in [0.05, 0.1) is 11.5 Å². The van der Waals surface area contributed by atoms with E-state index >= 15 is 0 Å².